The number of pyridine rings is 1. The Morgan fingerprint density at radius 1 is 1.02 bits per heavy atom. The molecule has 2 aliphatic rings. The summed E-state index contributed by atoms with van der Waals surface area (Å²) >= 11 is 0. The van der Waals surface area contributed by atoms with E-state index in [4.69, 9.17) is 10.5 Å². The van der Waals surface area contributed by atoms with Crippen LogP contribution in [0.5, 0.6) is 0 Å². The molecule has 0 unspecified atom stereocenters. The van der Waals surface area contributed by atoms with Gasteiger partial charge in [-0.05, 0) is 93.5 Å². The molecule has 228 valence electrons. The topological polar surface area (TPSA) is 118 Å². The molecule has 0 spiro atoms. The molecule has 0 bridgehead atoms. The molecule has 0 aliphatic heterocycles. The number of carbonyl (C=O) groups is 2. The summed E-state index contributed by atoms with van der Waals surface area (Å²) < 4.78 is 5.34. The highest BCUT2D eigenvalue weighted by atomic mass is 16.6. The molecule has 0 radical (unpaired) electrons. The summed E-state index contributed by atoms with van der Waals surface area (Å²) in [7, 11) is 1.80. The van der Waals surface area contributed by atoms with Gasteiger partial charge in [0.05, 0.1) is 11.7 Å². The predicted octanol–water partition coefficient (Wildman–Crippen LogP) is 6.48. The van der Waals surface area contributed by atoms with Gasteiger partial charge < -0.3 is 25.8 Å². The number of ether oxygens (including phenoxy) is 1. The summed E-state index contributed by atoms with van der Waals surface area (Å²) in [6.45, 7) is 5.52. The van der Waals surface area contributed by atoms with Gasteiger partial charge in [0.15, 0.2) is 0 Å². The van der Waals surface area contributed by atoms with E-state index in [0.717, 1.165) is 53.5 Å². The Morgan fingerprint density at radius 3 is 2.26 bits per heavy atom. The Bertz CT molecular complexity index is 1420. The first-order valence-electron chi connectivity index (χ1n) is 15.3. The first-order chi connectivity index (χ1) is 20.4. The highest BCUT2D eigenvalue weighted by molar-refractivity contribution is 5.92. The highest BCUT2D eigenvalue weighted by Gasteiger charge is 2.49. The second-order valence-corrected chi connectivity index (χ2v) is 13.0. The largest absolute Gasteiger partial charge is 0.447 e. The number of rotatable bonds is 8. The van der Waals surface area contributed by atoms with Crippen molar-refractivity contribution in [3.63, 3.8) is 0 Å². The average molecular weight is 585 g/mol. The lowest BCUT2D eigenvalue weighted by Gasteiger charge is -2.49. The summed E-state index contributed by atoms with van der Waals surface area (Å²) in [4.78, 5) is 31.7. The Labute approximate surface area is 254 Å². The van der Waals surface area contributed by atoms with E-state index < -0.39 is 11.1 Å². The number of aliphatic hydroxyl groups is 1. The third-order valence-corrected chi connectivity index (χ3v) is 8.88. The van der Waals surface area contributed by atoms with Crippen LogP contribution in [-0.2, 0) is 15.1 Å². The lowest BCUT2D eigenvalue weighted by atomic mass is 9.63. The monoisotopic (exact) mass is 584 g/mol. The minimum atomic E-state index is -0.711. The van der Waals surface area contributed by atoms with Crippen LogP contribution in [0.4, 0.5) is 10.6 Å². The lowest BCUT2D eigenvalue weighted by Crippen LogP contribution is -2.58. The summed E-state index contributed by atoms with van der Waals surface area (Å²) in [5.74, 6) is 0.735. The third kappa shape index (κ3) is 7.25. The van der Waals surface area contributed by atoms with Gasteiger partial charge in [-0.2, -0.15) is 0 Å². The quantitative estimate of drug-likeness (QED) is 0.279. The summed E-state index contributed by atoms with van der Waals surface area (Å²) in [6.07, 6.45) is 6.37. The Hall–Kier alpha value is -3.75. The van der Waals surface area contributed by atoms with Crippen molar-refractivity contribution in [1.29, 1.82) is 0 Å². The summed E-state index contributed by atoms with van der Waals surface area (Å²) in [5.41, 5.74) is 10.3. The number of aromatic nitrogens is 1. The molecule has 2 aromatic carbocycles. The van der Waals surface area contributed by atoms with Crippen molar-refractivity contribution < 1.29 is 19.4 Å². The fourth-order valence-corrected chi connectivity index (χ4v) is 6.73. The molecule has 0 atom stereocenters. The van der Waals surface area contributed by atoms with Crippen LogP contribution in [0.25, 0.3) is 22.3 Å². The van der Waals surface area contributed by atoms with Gasteiger partial charge in [-0.1, -0.05) is 54.6 Å². The minimum absolute atomic E-state index is 0.0516. The fourth-order valence-electron chi connectivity index (χ4n) is 6.73. The minimum Gasteiger partial charge on any atom is -0.447 e. The van der Waals surface area contributed by atoms with E-state index in [9.17, 15) is 14.7 Å². The number of nitrogens with two attached hydrogens (primary N) is 1. The number of hydrogen-bond acceptors (Lipinski definition) is 6. The summed E-state index contributed by atoms with van der Waals surface area (Å²) in [5, 5.41) is 13.3. The third-order valence-electron chi connectivity index (χ3n) is 8.88. The molecule has 2 amide bonds. The molecule has 8 heteroatoms. The number of benzene rings is 2. The van der Waals surface area contributed by atoms with Crippen molar-refractivity contribution in [2.45, 2.75) is 89.0 Å². The molecular weight excluding hydrogens is 540 g/mol. The van der Waals surface area contributed by atoms with Crippen LogP contribution < -0.4 is 11.1 Å². The van der Waals surface area contributed by atoms with Crippen molar-refractivity contribution in [3.05, 3.63) is 72.4 Å². The van der Waals surface area contributed by atoms with Gasteiger partial charge in [0.2, 0.25) is 5.91 Å². The van der Waals surface area contributed by atoms with Crippen molar-refractivity contribution in [3.8, 4) is 22.3 Å². The zero-order valence-corrected chi connectivity index (χ0v) is 25.7. The van der Waals surface area contributed by atoms with Gasteiger partial charge in [-0.25, -0.2) is 9.78 Å². The number of carbonyl (C=O) groups excluding carboxylic acids is 2. The Morgan fingerprint density at radius 2 is 1.65 bits per heavy atom. The molecule has 5 rings (SSSR count). The van der Waals surface area contributed by atoms with E-state index in [2.05, 4.69) is 34.6 Å². The van der Waals surface area contributed by atoms with Crippen molar-refractivity contribution in [2.24, 2.45) is 11.7 Å². The second kappa shape index (κ2) is 12.5. The van der Waals surface area contributed by atoms with E-state index in [-0.39, 0.29) is 30.1 Å². The molecule has 2 saturated carbocycles. The van der Waals surface area contributed by atoms with E-state index in [1.54, 1.807) is 11.9 Å². The average Bonchev–Trinajstić information content (AvgIpc) is 2.96. The zero-order chi connectivity index (χ0) is 30.8. The first kappa shape index (κ1) is 30.7. The van der Waals surface area contributed by atoms with Crippen LogP contribution in [0.3, 0.4) is 0 Å². The Kier molecular flexibility index (Phi) is 8.90. The molecular formula is C35H44N4O4. The zero-order valence-electron chi connectivity index (χ0n) is 25.7. The van der Waals surface area contributed by atoms with E-state index >= 15 is 0 Å². The lowest BCUT2D eigenvalue weighted by molar-refractivity contribution is -0.117. The molecule has 2 aliphatic carbocycles. The number of hydrogen-bond donors (Lipinski definition) is 3. The maximum absolute atomic E-state index is 13.1. The molecule has 4 N–H and O–H groups in total. The molecule has 8 nitrogen and oxygen atoms in total. The number of amides is 2. The van der Waals surface area contributed by atoms with Crippen LogP contribution in [0.2, 0.25) is 0 Å². The van der Waals surface area contributed by atoms with Crippen LogP contribution in [0, 0.1) is 5.92 Å². The molecule has 1 heterocycles. The van der Waals surface area contributed by atoms with E-state index in [0.29, 0.717) is 25.1 Å². The number of nitrogens with one attached hydrogen (secondary N) is 1. The standard InChI is InChI=1S/C35H44N4O4/c1-23(2)43-33(41)39(4)28-16-10-24(11-17-28)18-32(40)38-31-19-29(25-8-6-5-7-9-25)30(20-37-31)26-12-14-27(15-13-26)35(36)21-34(3,42)22-35/h5-9,12-15,19-20,23-24,28,42H,10-11,16-18,21-22,36H2,1-4H3,(H,37,38,40)/t24-,28-,34-,35-. The van der Waals surface area contributed by atoms with Crippen molar-refractivity contribution in [2.75, 3.05) is 12.4 Å². The Balaban J connectivity index is 1.25. The van der Waals surface area contributed by atoms with Gasteiger partial charge in [-0.3, -0.25) is 4.79 Å². The van der Waals surface area contributed by atoms with Crippen LogP contribution in [0.15, 0.2) is 66.9 Å². The smallest absolute Gasteiger partial charge is 0.410 e. The molecule has 1 aromatic heterocycles. The molecule has 3 aromatic rings. The summed E-state index contributed by atoms with van der Waals surface area (Å²) in [6, 6.07) is 20.3. The fraction of sp³-hybridized carbons (Fsp3) is 0.457. The van der Waals surface area contributed by atoms with Gasteiger partial charge in [0.1, 0.15) is 5.82 Å². The van der Waals surface area contributed by atoms with Crippen molar-refractivity contribution in [1.82, 2.24) is 9.88 Å². The van der Waals surface area contributed by atoms with Crippen LogP contribution in [-0.4, -0.2) is 51.8 Å². The first-order valence-corrected chi connectivity index (χ1v) is 15.3. The van der Waals surface area contributed by atoms with E-state index in [1.165, 1.54) is 0 Å². The van der Waals surface area contributed by atoms with Crippen LogP contribution >= 0.6 is 0 Å². The highest BCUT2D eigenvalue weighted by Crippen LogP contribution is 2.46. The van der Waals surface area contributed by atoms with E-state index in [1.807, 2.05) is 63.4 Å². The van der Waals surface area contributed by atoms with Crippen LogP contribution in [0.1, 0.15) is 71.3 Å². The van der Waals surface area contributed by atoms with Gasteiger partial charge in [0, 0.05) is 36.8 Å². The van der Waals surface area contributed by atoms with Gasteiger partial charge in [-0.15, -0.1) is 0 Å². The van der Waals surface area contributed by atoms with Crippen molar-refractivity contribution >= 4 is 17.8 Å². The van der Waals surface area contributed by atoms with Gasteiger partial charge >= 0.3 is 6.09 Å². The maximum Gasteiger partial charge on any atom is 0.410 e. The maximum atomic E-state index is 13.1. The molecule has 0 saturated heterocycles. The van der Waals surface area contributed by atoms with Gasteiger partial charge in [0.25, 0.3) is 0 Å². The number of anilines is 1. The predicted molar refractivity (Wildman–Crippen MR) is 169 cm³/mol. The second-order valence-electron chi connectivity index (χ2n) is 13.0. The molecule has 2 fully saturated rings. The number of nitrogens with zero attached hydrogens (tertiary/aromatic N) is 2. The SMILES string of the molecule is CC(C)OC(=O)N(C)[C@H]1CC[C@H](CC(=O)Nc2cc(-c3ccccc3)c(-c3ccc([C@]4(N)C[C@](C)(O)C4)cc3)cn2)CC1. The normalized spacial score (nSPS) is 25.1. The molecule has 43 heavy (non-hydrogen) atoms.